The van der Waals surface area contributed by atoms with Crippen LogP contribution in [0.1, 0.15) is 39.2 Å². The SMILES string of the molecule is C=CCOc1ccccc1CN=C(NCC)NC1CCN(CC(C)C)CC1. The Morgan fingerprint density at radius 1 is 1.33 bits per heavy atom. The number of hydrogen-bond donors (Lipinski definition) is 2. The van der Waals surface area contributed by atoms with Crippen molar-refractivity contribution in [2.24, 2.45) is 10.9 Å². The zero-order valence-electron chi connectivity index (χ0n) is 17.2. The second kappa shape index (κ2) is 11.7. The lowest BCUT2D eigenvalue weighted by molar-refractivity contribution is 0.187. The van der Waals surface area contributed by atoms with Gasteiger partial charge in [0, 0.05) is 37.8 Å². The van der Waals surface area contributed by atoms with Crippen molar-refractivity contribution in [3.05, 3.63) is 42.5 Å². The zero-order valence-corrected chi connectivity index (χ0v) is 17.2. The predicted octanol–water partition coefficient (Wildman–Crippen LogP) is 3.43. The standard InChI is InChI=1S/C22H36N4O/c1-5-15-27-21-10-8-7-9-19(21)16-24-22(23-6-2)25-20-11-13-26(14-12-20)17-18(3)4/h5,7-10,18,20H,1,6,11-17H2,2-4H3,(H2,23,24,25). The second-order valence-corrected chi connectivity index (χ2v) is 7.52. The molecule has 0 bridgehead atoms. The maximum Gasteiger partial charge on any atom is 0.191 e. The van der Waals surface area contributed by atoms with E-state index in [4.69, 9.17) is 9.73 Å². The van der Waals surface area contributed by atoms with E-state index in [1.165, 1.54) is 6.54 Å². The molecule has 1 aliphatic heterocycles. The van der Waals surface area contributed by atoms with Gasteiger partial charge in [-0.2, -0.15) is 0 Å². The fourth-order valence-electron chi connectivity index (χ4n) is 3.38. The van der Waals surface area contributed by atoms with Crippen molar-refractivity contribution >= 4 is 5.96 Å². The Hall–Kier alpha value is -2.01. The number of benzene rings is 1. The van der Waals surface area contributed by atoms with Crippen molar-refractivity contribution in [3.63, 3.8) is 0 Å². The van der Waals surface area contributed by atoms with Crippen molar-refractivity contribution in [2.45, 2.75) is 46.2 Å². The van der Waals surface area contributed by atoms with E-state index >= 15 is 0 Å². The molecule has 2 rings (SSSR count). The summed E-state index contributed by atoms with van der Waals surface area (Å²) < 4.78 is 5.74. The summed E-state index contributed by atoms with van der Waals surface area (Å²) in [6.07, 6.45) is 4.09. The van der Waals surface area contributed by atoms with E-state index in [1.807, 2.05) is 18.2 Å². The van der Waals surface area contributed by atoms with Gasteiger partial charge in [-0.15, -0.1) is 0 Å². The summed E-state index contributed by atoms with van der Waals surface area (Å²) in [6.45, 7) is 15.9. The summed E-state index contributed by atoms with van der Waals surface area (Å²) in [4.78, 5) is 7.36. The number of hydrogen-bond acceptors (Lipinski definition) is 3. The molecule has 1 aromatic rings. The fourth-order valence-corrected chi connectivity index (χ4v) is 3.38. The predicted molar refractivity (Wildman–Crippen MR) is 114 cm³/mol. The lowest BCUT2D eigenvalue weighted by Crippen LogP contribution is -2.49. The van der Waals surface area contributed by atoms with Crippen molar-refractivity contribution in [1.82, 2.24) is 15.5 Å². The molecule has 1 aromatic carbocycles. The van der Waals surface area contributed by atoms with Crippen molar-refractivity contribution < 1.29 is 4.74 Å². The first-order chi connectivity index (χ1) is 13.1. The van der Waals surface area contributed by atoms with E-state index in [1.54, 1.807) is 6.08 Å². The molecular formula is C22H36N4O. The molecule has 1 fully saturated rings. The van der Waals surface area contributed by atoms with Crippen LogP contribution < -0.4 is 15.4 Å². The van der Waals surface area contributed by atoms with Crippen LogP contribution in [0.3, 0.4) is 0 Å². The summed E-state index contributed by atoms with van der Waals surface area (Å²) in [7, 11) is 0. The Morgan fingerprint density at radius 2 is 2.07 bits per heavy atom. The average Bonchev–Trinajstić information content (AvgIpc) is 2.66. The number of ether oxygens (including phenoxy) is 1. The van der Waals surface area contributed by atoms with Crippen LogP contribution in [0, 0.1) is 5.92 Å². The van der Waals surface area contributed by atoms with Gasteiger partial charge in [0.2, 0.25) is 0 Å². The van der Waals surface area contributed by atoms with Crippen LogP contribution in [0.5, 0.6) is 5.75 Å². The monoisotopic (exact) mass is 372 g/mol. The molecule has 0 radical (unpaired) electrons. The Kier molecular flexibility index (Phi) is 9.19. The van der Waals surface area contributed by atoms with Gasteiger partial charge >= 0.3 is 0 Å². The highest BCUT2D eigenvalue weighted by atomic mass is 16.5. The van der Waals surface area contributed by atoms with E-state index < -0.39 is 0 Å². The number of guanidine groups is 1. The summed E-state index contributed by atoms with van der Waals surface area (Å²) in [6, 6.07) is 8.55. The van der Waals surface area contributed by atoms with Crippen LogP contribution in [0.2, 0.25) is 0 Å². The lowest BCUT2D eigenvalue weighted by Gasteiger charge is -2.34. The van der Waals surface area contributed by atoms with E-state index in [0.717, 1.165) is 55.7 Å². The Bertz CT molecular complexity index is 592. The van der Waals surface area contributed by atoms with Gasteiger partial charge in [0.25, 0.3) is 0 Å². The zero-order chi connectivity index (χ0) is 19.5. The molecular weight excluding hydrogens is 336 g/mol. The average molecular weight is 373 g/mol. The quantitative estimate of drug-likeness (QED) is 0.396. The summed E-state index contributed by atoms with van der Waals surface area (Å²) in [5, 5.41) is 6.99. The normalized spacial score (nSPS) is 16.4. The minimum absolute atomic E-state index is 0.485. The molecule has 0 aliphatic carbocycles. The highest BCUT2D eigenvalue weighted by Gasteiger charge is 2.20. The highest BCUT2D eigenvalue weighted by molar-refractivity contribution is 5.80. The molecule has 5 nitrogen and oxygen atoms in total. The van der Waals surface area contributed by atoms with Crippen LogP contribution >= 0.6 is 0 Å². The molecule has 27 heavy (non-hydrogen) atoms. The topological polar surface area (TPSA) is 48.9 Å². The fraction of sp³-hybridized carbons (Fsp3) is 0.591. The van der Waals surface area contributed by atoms with E-state index in [0.29, 0.717) is 19.2 Å². The number of piperidine rings is 1. The molecule has 1 saturated heterocycles. The minimum atomic E-state index is 0.485. The van der Waals surface area contributed by atoms with Gasteiger partial charge in [-0.1, -0.05) is 44.7 Å². The maximum absolute atomic E-state index is 5.74. The van der Waals surface area contributed by atoms with Crippen LogP contribution in [0.25, 0.3) is 0 Å². The molecule has 0 aromatic heterocycles. The first-order valence-corrected chi connectivity index (χ1v) is 10.2. The smallest absolute Gasteiger partial charge is 0.191 e. The van der Waals surface area contributed by atoms with E-state index in [-0.39, 0.29) is 0 Å². The van der Waals surface area contributed by atoms with Gasteiger partial charge in [0.1, 0.15) is 12.4 Å². The van der Waals surface area contributed by atoms with Crippen LogP contribution in [-0.2, 0) is 6.54 Å². The minimum Gasteiger partial charge on any atom is -0.489 e. The van der Waals surface area contributed by atoms with Gasteiger partial charge in [-0.05, 0) is 31.7 Å². The van der Waals surface area contributed by atoms with Gasteiger partial charge in [0.05, 0.1) is 6.54 Å². The van der Waals surface area contributed by atoms with Gasteiger partial charge in [-0.25, -0.2) is 4.99 Å². The third kappa shape index (κ3) is 7.63. The number of nitrogens with one attached hydrogen (secondary N) is 2. The molecule has 150 valence electrons. The first-order valence-electron chi connectivity index (χ1n) is 10.2. The van der Waals surface area contributed by atoms with Crippen molar-refractivity contribution in [1.29, 1.82) is 0 Å². The number of nitrogens with zero attached hydrogens (tertiary/aromatic N) is 2. The van der Waals surface area contributed by atoms with E-state index in [9.17, 15) is 0 Å². The summed E-state index contributed by atoms with van der Waals surface area (Å²) >= 11 is 0. The van der Waals surface area contributed by atoms with Crippen LogP contribution in [-0.4, -0.2) is 49.7 Å². The summed E-state index contributed by atoms with van der Waals surface area (Å²) in [5.74, 6) is 2.49. The van der Waals surface area contributed by atoms with Crippen LogP contribution in [0.4, 0.5) is 0 Å². The summed E-state index contributed by atoms with van der Waals surface area (Å²) in [5.41, 5.74) is 1.09. The van der Waals surface area contributed by atoms with Crippen molar-refractivity contribution in [3.8, 4) is 5.75 Å². The Labute approximate surface area is 164 Å². The number of aliphatic imine (C=N–C) groups is 1. The molecule has 0 spiro atoms. The molecule has 0 amide bonds. The largest absolute Gasteiger partial charge is 0.489 e. The number of para-hydroxylation sites is 1. The molecule has 1 heterocycles. The molecule has 0 unspecified atom stereocenters. The van der Waals surface area contributed by atoms with Crippen molar-refractivity contribution in [2.75, 3.05) is 32.8 Å². The van der Waals surface area contributed by atoms with Gasteiger partial charge < -0.3 is 20.3 Å². The Morgan fingerprint density at radius 3 is 2.74 bits per heavy atom. The van der Waals surface area contributed by atoms with E-state index in [2.05, 4.69) is 49.0 Å². The van der Waals surface area contributed by atoms with Crippen LogP contribution in [0.15, 0.2) is 41.9 Å². The second-order valence-electron chi connectivity index (χ2n) is 7.52. The molecule has 2 N–H and O–H groups in total. The Balaban J connectivity index is 1.92. The first kappa shape index (κ1) is 21.3. The number of likely N-dealkylation sites (tertiary alicyclic amines) is 1. The van der Waals surface area contributed by atoms with Gasteiger partial charge in [0.15, 0.2) is 5.96 Å². The highest BCUT2D eigenvalue weighted by Crippen LogP contribution is 2.19. The molecule has 5 heteroatoms. The number of rotatable bonds is 9. The molecule has 0 atom stereocenters. The lowest BCUT2D eigenvalue weighted by atomic mass is 10.0. The third-order valence-electron chi connectivity index (χ3n) is 4.63. The molecule has 0 saturated carbocycles. The third-order valence-corrected chi connectivity index (χ3v) is 4.63. The molecule has 1 aliphatic rings. The maximum atomic E-state index is 5.74. The van der Waals surface area contributed by atoms with Gasteiger partial charge in [-0.3, -0.25) is 0 Å².